The van der Waals surface area contributed by atoms with Crippen LogP contribution in [0.5, 0.6) is 5.75 Å². The van der Waals surface area contributed by atoms with Crippen LogP contribution in [-0.2, 0) is 9.53 Å². The zero-order valence-electron chi connectivity index (χ0n) is 12.3. The molecule has 0 fully saturated rings. The first-order chi connectivity index (χ1) is 8.95. The molecule has 0 aromatic heterocycles. The lowest BCUT2D eigenvalue weighted by atomic mass is 10.1. The molecule has 1 rings (SSSR count). The number of aryl methyl sites for hydroxylation is 2. The van der Waals surface area contributed by atoms with Crippen LogP contribution in [0.1, 0.15) is 25.0 Å². The van der Waals surface area contributed by atoms with Gasteiger partial charge < -0.3 is 9.47 Å². The third-order valence-electron chi connectivity index (χ3n) is 2.82. The van der Waals surface area contributed by atoms with Crippen molar-refractivity contribution in [1.82, 2.24) is 5.32 Å². The van der Waals surface area contributed by atoms with E-state index in [1.807, 2.05) is 45.9 Å². The topological polar surface area (TPSA) is 47.6 Å². The Labute approximate surface area is 115 Å². The van der Waals surface area contributed by atoms with Gasteiger partial charge >= 0.3 is 5.97 Å². The molecule has 4 heteroatoms. The molecule has 0 amide bonds. The second kappa shape index (κ2) is 7.14. The van der Waals surface area contributed by atoms with Crippen molar-refractivity contribution in [2.75, 3.05) is 13.7 Å². The van der Waals surface area contributed by atoms with Crippen molar-refractivity contribution in [3.8, 4) is 5.75 Å². The maximum Gasteiger partial charge on any atom is 0.326 e. The van der Waals surface area contributed by atoms with E-state index in [1.54, 1.807) is 0 Å². The molecule has 0 spiro atoms. The smallest absolute Gasteiger partial charge is 0.326 e. The number of esters is 1. The summed E-state index contributed by atoms with van der Waals surface area (Å²) in [6, 6.07) is 5.70. The standard InChI is InChI=1S/C15H23NO3/c1-10(2)16-13(15(17)18-5)9-19-14-11(3)7-6-8-12(14)4/h6-8,10,13,16H,9H2,1-5H3. The quantitative estimate of drug-likeness (QED) is 0.801. The molecule has 1 unspecified atom stereocenters. The van der Waals surface area contributed by atoms with Gasteiger partial charge in [0.15, 0.2) is 0 Å². The minimum Gasteiger partial charge on any atom is -0.491 e. The molecule has 4 nitrogen and oxygen atoms in total. The van der Waals surface area contributed by atoms with Crippen LogP contribution < -0.4 is 10.1 Å². The molecule has 0 aliphatic heterocycles. The lowest BCUT2D eigenvalue weighted by Crippen LogP contribution is -2.45. The maximum absolute atomic E-state index is 11.7. The second-order valence-corrected chi connectivity index (χ2v) is 4.93. The third-order valence-corrected chi connectivity index (χ3v) is 2.82. The number of carbonyl (C=O) groups is 1. The fourth-order valence-electron chi connectivity index (χ4n) is 1.92. The summed E-state index contributed by atoms with van der Waals surface area (Å²) in [6.07, 6.45) is 0. The first-order valence-corrected chi connectivity index (χ1v) is 6.48. The molecule has 0 saturated carbocycles. The van der Waals surface area contributed by atoms with Crippen LogP contribution in [0.3, 0.4) is 0 Å². The van der Waals surface area contributed by atoms with E-state index in [4.69, 9.17) is 9.47 Å². The molecule has 0 aliphatic carbocycles. The Kier molecular flexibility index (Phi) is 5.83. The minimum absolute atomic E-state index is 0.186. The van der Waals surface area contributed by atoms with Crippen LogP contribution in [0.4, 0.5) is 0 Å². The van der Waals surface area contributed by atoms with Crippen molar-refractivity contribution in [2.45, 2.75) is 39.8 Å². The zero-order valence-corrected chi connectivity index (χ0v) is 12.3. The number of ether oxygens (including phenoxy) is 2. The monoisotopic (exact) mass is 265 g/mol. The van der Waals surface area contributed by atoms with E-state index >= 15 is 0 Å². The third kappa shape index (κ3) is 4.56. The highest BCUT2D eigenvalue weighted by Crippen LogP contribution is 2.22. The summed E-state index contributed by atoms with van der Waals surface area (Å²) in [5, 5.41) is 3.14. The summed E-state index contributed by atoms with van der Waals surface area (Å²) >= 11 is 0. The van der Waals surface area contributed by atoms with Crippen molar-refractivity contribution in [3.05, 3.63) is 29.3 Å². The van der Waals surface area contributed by atoms with Crippen LogP contribution in [0, 0.1) is 13.8 Å². The number of nitrogens with one attached hydrogen (secondary N) is 1. The number of rotatable bonds is 6. The van der Waals surface area contributed by atoms with Gasteiger partial charge in [-0.2, -0.15) is 0 Å². The Morgan fingerprint density at radius 1 is 1.26 bits per heavy atom. The Balaban J connectivity index is 2.73. The first-order valence-electron chi connectivity index (χ1n) is 6.48. The fraction of sp³-hybridized carbons (Fsp3) is 0.533. The first kappa shape index (κ1) is 15.5. The molecular formula is C15H23NO3. The van der Waals surface area contributed by atoms with Crippen molar-refractivity contribution >= 4 is 5.97 Å². The molecule has 1 N–H and O–H groups in total. The van der Waals surface area contributed by atoms with Crippen LogP contribution in [0.25, 0.3) is 0 Å². The van der Waals surface area contributed by atoms with E-state index < -0.39 is 6.04 Å². The van der Waals surface area contributed by atoms with Gasteiger partial charge in [-0.15, -0.1) is 0 Å². The van der Waals surface area contributed by atoms with E-state index in [0.29, 0.717) is 0 Å². The Morgan fingerprint density at radius 2 is 1.84 bits per heavy atom. The number of hydrogen-bond donors (Lipinski definition) is 1. The molecule has 1 aromatic carbocycles. The van der Waals surface area contributed by atoms with Crippen molar-refractivity contribution in [1.29, 1.82) is 0 Å². The van der Waals surface area contributed by atoms with Crippen molar-refractivity contribution in [3.63, 3.8) is 0 Å². The molecule has 0 saturated heterocycles. The van der Waals surface area contributed by atoms with E-state index in [0.717, 1.165) is 16.9 Å². The number of hydrogen-bond acceptors (Lipinski definition) is 4. The summed E-state index contributed by atoms with van der Waals surface area (Å²) in [5.41, 5.74) is 2.13. The van der Waals surface area contributed by atoms with Crippen LogP contribution in [-0.4, -0.2) is 31.8 Å². The SMILES string of the molecule is COC(=O)C(COc1c(C)cccc1C)NC(C)C. The van der Waals surface area contributed by atoms with Gasteiger partial charge in [-0.3, -0.25) is 10.1 Å². The summed E-state index contributed by atoms with van der Waals surface area (Å²) in [4.78, 5) is 11.7. The minimum atomic E-state index is -0.455. The Hall–Kier alpha value is -1.55. The molecule has 0 aliphatic rings. The predicted octanol–water partition coefficient (Wildman–Crippen LogP) is 2.22. The van der Waals surface area contributed by atoms with Crippen molar-refractivity contribution < 1.29 is 14.3 Å². The van der Waals surface area contributed by atoms with Gasteiger partial charge in [0.1, 0.15) is 18.4 Å². The second-order valence-electron chi connectivity index (χ2n) is 4.93. The highest BCUT2D eigenvalue weighted by molar-refractivity contribution is 5.75. The van der Waals surface area contributed by atoms with Gasteiger partial charge in [0.25, 0.3) is 0 Å². The zero-order chi connectivity index (χ0) is 14.4. The molecule has 0 heterocycles. The van der Waals surface area contributed by atoms with E-state index in [-0.39, 0.29) is 18.6 Å². The largest absolute Gasteiger partial charge is 0.491 e. The van der Waals surface area contributed by atoms with E-state index in [1.165, 1.54) is 7.11 Å². The molecule has 1 atom stereocenters. The fourth-order valence-corrected chi connectivity index (χ4v) is 1.92. The molecular weight excluding hydrogens is 242 g/mol. The Morgan fingerprint density at radius 3 is 2.32 bits per heavy atom. The van der Waals surface area contributed by atoms with Gasteiger partial charge in [0, 0.05) is 6.04 Å². The average molecular weight is 265 g/mol. The van der Waals surface area contributed by atoms with E-state index in [9.17, 15) is 4.79 Å². The van der Waals surface area contributed by atoms with Gasteiger partial charge in [-0.25, -0.2) is 0 Å². The van der Waals surface area contributed by atoms with Gasteiger partial charge in [-0.1, -0.05) is 32.0 Å². The molecule has 0 bridgehead atoms. The van der Waals surface area contributed by atoms with E-state index in [2.05, 4.69) is 5.32 Å². The lowest BCUT2D eigenvalue weighted by Gasteiger charge is -2.20. The summed E-state index contributed by atoms with van der Waals surface area (Å²) in [6.45, 7) is 8.21. The van der Waals surface area contributed by atoms with Crippen LogP contribution in [0.15, 0.2) is 18.2 Å². The molecule has 1 aromatic rings. The highest BCUT2D eigenvalue weighted by Gasteiger charge is 2.21. The van der Waals surface area contributed by atoms with Crippen LogP contribution in [0.2, 0.25) is 0 Å². The van der Waals surface area contributed by atoms with Gasteiger partial charge in [-0.05, 0) is 25.0 Å². The number of para-hydroxylation sites is 1. The number of methoxy groups -OCH3 is 1. The summed E-state index contributed by atoms with van der Waals surface area (Å²) in [7, 11) is 1.39. The number of carbonyl (C=O) groups excluding carboxylic acids is 1. The molecule has 19 heavy (non-hydrogen) atoms. The van der Waals surface area contributed by atoms with Gasteiger partial charge in [0.2, 0.25) is 0 Å². The molecule has 0 radical (unpaired) electrons. The highest BCUT2D eigenvalue weighted by atomic mass is 16.5. The average Bonchev–Trinajstić information content (AvgIpc) is 2.35. The van der Waals surface area contributed by atoms with Gasteiger partial charge in [0.05, 0.1) is 7.11 Å². The summed E-state index contributed by atoms with van der Waals surface area (Å²) < 4.78 is 10.6. The van der Waals surface area contributed by atoms with Crippen LogP contribution >= 0.6 is 0 Å². The molecule has 106 valence electrons. The normalized spacial score (nSPS) is 12.3. The number of benzene rings is 1. The lowest BCUT2D eigenvalue weighted by molar-refractivity contribution is -0.144. The predicted molar refractivity (Wildman–Crippen MR) is 75.5 cm³/mol. The van der Waals surface area contributed by atoms with Crippen molar-refractivity contribution in [2.24, 2.45) is 0 Å². The Bertz CT molecular complexity index is 409. The summed E-state index contributed by atoms with van der Waals surface area (Å²) in [5.74, 6) is 0.530. The maximum atomic E-state index is 11.7.